The second-order valence-corrected chi connectivity index (χ2v) is 5.26. The molecule has 0 atom stereocenters. The van der Waals surface area contributed by atoms with Crippen molar-refractivity contribution in [3.8, 4) is 0 Å². The van der Waals surface area contributed by atoms with Crippen molar-refractivity contribution in [1.29, 1.82) is 0 Å². The lowest BCUT2D eigenvalue weighted by Gasteiger charge is -2.25. The van der Waals surface area contributed by atoms with Crippen LogP contribution in [0.5, 0.6) is 0 Å². The van der Waals surface area contributed by atoms with Gasteiger partial charge in [0.1, 0.15) is 0 Å². The third-order valence-electron chi connectivity index (χ3n) is 2.42. The van der Waals surface area contributed by atoms with Gasteiger partial charge >= 0.3 is 0 Å². The lowest BCUT2D eigenvalue weighted by molar-refractivity contribution is 0.250. The Morgan fingerprint density at radius 2 is 1.93 bits per heavy atom. The fourth-order valence-electron chi connectivity index (χ4n) is 1.63. The maximum absolute atomic E-state index is 11.9. The van der Waals surface area contributed by atoms with Crippen molar-refractivity contribution < 1.29 is 13.5 Å². The van der Waals surface area contributed by atoms with E-state index in [9.17, 15) is 8.42 Å². The van der Waals surface area contributed by atoms with E-state index >= 15 is 0 Å². The lowest BCUT2D eigenvalue weighted by Crippen LogP contribution is -2.43. The monoisotopic (exact) mass is 222 g/mol. The highest BCUT2D eigenvalue weighted by molar-refractivity contribution is 7.86. The highest BCUT2D eigenvalue weighted by atomic mass is 32.2. The number of aliphatic hydroxyl groups excluding tert-OH is 1. The topological polar surface area (TPSA) is 60.9 Å². The van der Waals surface area contributed by atoms with Crippen molar-refractivity contribution >= 4 is 10.2 Å². The minimum Gasteiger partial charge on any atom is -0.395 e. The first-order chi connectivity index (χ1) is 6.62. The van der Waals surface area contributed by atoms with Crippen LogP contribution in [0.4, 0.5) is 0 Å². The summed E-state index contributed by atoms with van der Waals surface area (Å²) in [5.74, 6) is 0. The van der Waals surface area contributed by atoms with Gasteiger partial charge in [0.05, 0.1) is 6.61 Å². The van der Waals surface area contributed by atoms with E-state index in [-0.39, 0.29) is 13.2 Å². The van der Waals surface area contributed by atoms with Gasteiger partial charge in [-0.15, -0.1) is 0 Å². The molecule has 0 aromatic heterocycles. The van der Waals surface area contributed by atoms with E-state index in [1.165, 1.54) is 8.61 Å². The van der Waals surface area contributed by atoms with Crippen LogP contribution >= 0.6 is 0 Å². The molecule has 1 aliphatic rings. The molecule has 0 aromatic rings. The molecule has 1 fully saturated rings. The zero-order valence-electron chi connectivity index (χ0n) is 8.52. The quantitative estimate of drug-likeness (QED) is 0.691. The summed E-state index contributed by atoms with van der Waals surface area (Å²) in [6.45, 7) is 3.49. The first-order valence-corrected chi connectivity index (χ1v) is 6.38. The molecule has 0 bridgehead atoms. The molecular formula is C8H18N2O3S. The Kier molecular flexibility index (Phi) is 4.31. The summed E-state index contributed by atoms with van der Waals surface area (Å²) in [5, 5.41) is 8.75. The fourth-order valence-corrected chi connectivity index (χ4v) is 3.32. The van der Waals surface area contributed by atoms with Gasteiger partial charge in [0.15, 0.2) is 0 Å². The SMILES string of the molecule is CCN(CCO)S(=O)(=O)N1CCCC1. The zero-order valence-corrected chi connectivity index (χ0v) is 9.33. The summed E-state index contributed by atoms with van der Waals surface area (Å²) in [7, 11) is -3.31. The van der Waals surface area contributed by atoms with Gasteiger partial charge in [-0.1, -0.05) is 6.92 Å². The zero-order chi connectivity index (χ0) is 10.6. The maximum Gasteiger partial charge on any atom is 0.282 e. The van der Waals surface area contributed by atoms with Gasteiger partial charge in [-0.05, 0) is 12.8 Å². The van der Waals surface area contributed by atoms with E-state index in [4.69, 9.17) is 5.11 Å². The molecule has 1 saturated heterocycles. The average molecular weight is 222 g/mol. The second kappa shape index (κ2) is 5.06. The van der Waals surface area contributed by atoms with Crippen LogP contribution in [0.3, 0.4) is 0 Å². The molecule has 84 valence electrons. The predicted molar refractivity (Wildman–Crippen MR) is 54.1 cm³/mol. The fraction of sp³-hybridized carbons (Fsp3) is 1.00. The van der Waals surface area contributed by atoms with Crippen LogP contribution in [0.25, 0.3) is 0 Å². The number of aliphatic hydroxyl groups is 1. The second-order valence-electron chi connectivity index (χ2n) is 3.33. The van der Waals surface area contributed by atoms with Crippen LogP contribution < -0.4 is 0 Å². The smallest absolute Gasteiger partial charge is 0.282 e. The van der Waals surface area contributed by atoms with Crippen molar-refractivity contribution in [3.63, 3.8) is 0 Å². The van der Waals surface area contributed by atoms with Gasteiger partial charge in [0.2, 0.25) is 0 Å². The molecule has 5 nitrogen and oxygen atoms in total. The normalized spacial score (nSPS) is 19.4. The standard InChI is InChI=1S/C8H18N2O3S/c1-2-9(7-8-11)14(12,13)10-5-3-4-6-10/h11H,2-8H2,1H3. The van der Waals surface area contributed by atoms with E-state index in [1.807, 2.05) is 0 Å². The lowest BCUT2D eigenvalue weighted by atomic mass is 10.4. The molecule has 0 saturated carbocycles. The van der Waals surface area contributed by atoms with Crippen molar-refractivity contribution in [1.82, 2.24) is 8.61 Å². The van der Waals surface area contributed by atoms with Crippen LogP contribution in [0.15, 0.2) is 0 Å². The number of likely N-dealkylation sites (N-methyl/N-ethyl adjacent to an activating group) is 1. The molecule has 0 spiro atoms. The Balaban J connectivity index is 2.70. The van der Waals surface area contributed by atoms with Crippen molar-refractivity contribution in [2.75, 3.05) is 32.8 Å². The summed E-state index contributed by atoms with van der Waals surface area (Å²) in [4.78, 5) is 0. The Labute approximate surface area is 85.5 Å². The summed E-state index contributed by atoms with van der Waals surface area (Å²) >= 11 is 0. The van der Waals surface area contributed by atoms with Crippen LogP contribution in [0.1, 0.15) is 19.8 Å². The van der Waals surface area contributed by atoms with Gasteiger partial charge in [0.25, 0.3) is 10.2 Å². The molecule has 1 heterocycles. The molecule has 0 unspecified atom stereocenters. The molecule has 0 radical (unpaired) electrons. The minimum absolute atomic E-state index is 0.124. The van der Waals surface area contributed by atoms with Gasteiger partial charge in [-0.25, -0.2) is 0 Å². The Bertz CT molecular complexity index is 260. The molecule has 1 rings (SSSR count). The third kappa shape index (κ3) is 2.44. The number of rotatable bonds is 5. The molecular weight excluding hydrogens is 204 g/mol. The highest BCUT2D eigenvalue weighted by Crippen LogP contribution is 2.15. The maximum atomic E-state index is 11.9. The number of hydrogen-bond donors (Lipinski definition) is 1. The Morgan fingerprint density at radius 1 is 1.36 bits per heavy atom. The summed E-state index contributed by atoms with van der Waals surface area (Å²) < 4.78 is 26.6. The molecule has 6 heteroatoms. The van der Waals surface area contributed by atoms with Gasteiger partial charge in [0, 0.05) is 26.2 Å². The number of hydrogen-bond acceptors (Lipinski definition) is 3. The van der Waals surface area contributed by atoms with E-state index in [0.29, 0.717) is 19.6 Å². The summed E-state index contributed by atoms with van der Waals surface area (Å²) in [6, 6.07) is 0. The first kappa shape index (κ1) is 11.9. The van der Waals surface area contributed by atoms with Crippen LogP contribution in [0, 0.1) is 0 Å². The summed E-state index contributed by atoms with van der Waals surface area (Å²) in [5.41, 5.74) is 0. The third-order valence-corrected chi connectivity index (χ3v) is 4.53. The number of nitrogens with zero attached hydrogens (tertiary/aromatic N) is 2. The van der Waals surface area contributed by atoms with Crippen molar-refractivity contribution in [3.05, 3.63) is 0 Å². The minimum atomic E-state index is -3.31. The van der Waals surface area contributed by atoms with E-state index in [1.54, 1.807) is 6.92 Å². The van der Waals surface area contributed by atoms with E-state index in [0.717, 1.165) is 12.8 Å². The highest BCUT2D eigenvalue weighted by Gasteiger charge is 2.30. The Hall–Kier alpha value is -0.170. The largest absolute Gasteiger partial charge is 0.395 e. The van der Waals surface area contributed by atoms with Gasteiger partial charge in [-0.3, -0.25) is 0 Å². The van der Waals surface area contributed by atoms with Gasteiger partial charge in [-0.2, -0.15) is 17.0 Å². The Morgan fingerprint density at radius 3 is 2.36 bits per heavy atom. The molecule has 0 aliphatic carbocycles. The van der Waals surface area contributed by atoms with E-state index in [2.05, 4.69) is 0 Å². The molecule has 1 N–H and O–H groups in total. The predicted octanol–water partition coefficient (Wildman–Crippen LogP) is -0.359. The van der Waals surface area contributed by atoms with Crippen molar-refractivity contribution in [2.45, 2.75) is 19.8 Å². The van der Waals surface area contributed by atoms with Crippen LogP contribution in [-0.4, -0.2) is 54.9 Å². The summed E-state index contributed by atoms with van der Waals surface area (Å²) in [6.07, 6.45) is 1.88. The van der Waals surface area contributed by atoms with Crippen molar-refractivity contribution in [2.24, 2.45) is 0 Å². The molecule has 14 heavy (non-hydrogen) atoms. The van der Waals surface area contributed by atoms with Crippen LogP contribution in [0.2, 0.25) is 0 Å². The molecule has 0 amide bonds. The van der Waals surface area contributed by atoms with Crippen LogP contribution in [-0.2, 0) is 10.2 Å². The van der Waals surface area contributed by atoms with E-state index < -0.39 is 10.2 Å². The molecule has 1 aliphatic heterocycles. The average Bonchev–Trinajstić information content (AvgIpc) is 2.66. The first-order valence-electron chi connectivity index (χ1n) is 4.99. The molecule has 0 aromatic carbocycles. The van der Waals surface area contributed by atoms with Gasteiger partial charge < -0.3 is 5.11 Å².